The van der Waals surface area contributed by atoms with Gasteiger partial charge in [0.1, 0.15) is 0 Å². The Labute approximate surface area is 242 Å². The lowest BCUT2D eigenvalue weighted by atomic mass is 9.39. The van der Waals surface area contributed by atoms with Crippen molar-refractivity contribution in [3.63, 3.8) is 0 Å². The van der Waals surface area contributed by atoms with E-state index in [-0.39, 0.29) is 5.41 Å². The molecule has 5 N–H and O–H groups in total. The van der Waals surface area contributed by atoms with Crippen LogP contribution in [0.15, 0.2) is 12.3 Å². The second-order valence-electron chi connectivity index (χ2n) is 15.1. The lowest BCUT2D eigenvalue weighted by molar-refractivity contribution is -0.195. The highest BCUT2D eigenvalue weighted by Crippen LogP contribution is 2.71. The van der Waals surface area contributed by atoms with Crippen LogP contribution in [-0.2, 0) is 0 Å². The van der Waals surface area contributed by atoms with Crippen molar-refractivity contribution in [3.05, 3.63) is 12.3 Å². The summed E-state index contributed by atoms with van der Waals surface area (Å²) in [5.41, 5.74) is 8.18. The lowest BCUT2D eigenvalue weighted by Crippen LogP contribution is -2.82. The summed E-state index contributed by atoms with van der Waals surface area (Å²) in [6.07, 6.45) is 15.5. The van der Waals surface area contributed by atoms with Gasteiger partial charge in [0, 0.05) is 48.9 Å². The summed E-state index contributed by atoms with van der Waals surface area (Å²) in [4.78, 5) is 0. The Balaban J connectivity index is 0.00000172. The molecule has 1 saturated heterocycles. The van der Waals surface area contributed by atoms with Crippen LogP contribution in [0.1, 0.15) is 119 Å². The van der Waals surface area contributed by atoms with Crippen LogP contribution in [0.5, 0.6) is 0 Å². The molecule has 8 unspecified atom stereocenters. The van der Waals surface area contributed by atoms with E-state index in [1.807, 2.05) is 13.8 Å². The maximum absolute atomic E-state index is 5.67. The molecule has 0 amide bonds. The van der Waals surface area contributed by atoms with Crippen LogP contribution in [0.2, 0.25) is 0 Å². The Kier molecular flexibility index (Phi) is 10.2. The minimum atomic E-state index is 0.177. The van der Waals surface area contributed by atoms with E-state index >= 15 is 0 Å². The zero-order chi connectivity index (χ0) is 28.4. The highest BCUT2D eigenvalue weighted by atomic mass is 15.2. The number of fused-ring (bicyclic) bond motifs is 2. The topological polar surface area (TPSA) is 62.1 Å². The third-order valence-electron chi connectivity index (χ3n) is 12.9. The Morgan fingerprint density at radius 2 is 1.79 bits per heavy atom. The Bertz CT molecular complexity index is 810. The first-order valence-electron chi connectivity index (χ1n) is 17.3. The lowest BCUT2D eigenvalue weighted by Gasteiger charge is -2.73. The standard InChI is InChI=1S/C33H60N4.C2H6/c1-22(2)9-7-14-31(5,24(4)36-20-19-35-18-17-34)26-13-16-32(6)27-12-11-25-23(3)10-8-15-33(25)30(27)29(37-33)21-28(26)32;1-2/h22-23,25-30,35-37H,4,7-21,34H2,1-3,5-6H3;1-2H3/t23-,25?,26?,27?,28?,29-,30?,31?,32?,33?;/m1./s1. The zero-order valence-corrected chi connectivity index (χ0v) is 27.0. The summed E-state index contributed by atoms with van der Waals surface area (Å²) < 4.78 is 0. The molecule has 0 bridgehead atoms. The van der Waals surface area contributed by atoms with Gasteiger partial charge >= 0.3 is 0 Å². The number of rotatable bonds is 12. The van der Waals surface area contributed by atoms with Crippen LogP contribution < -0.4 is 21.7 Å². The molecule has 4 saturated carbocycles. The minimum Gasteiger partial charge on any atom is -0.387 e. The Morgan fingerprint density at radius 1 is 1.05 bits per heavy atom. The summed E-state index contributed by atoms with van der Waals surface area (Å²) >= 11 is 0. The number of hydrogen-bond donors (Lipinski definition) is 4. The monoisotopic (exact) mass is 543 g/mol. The van der Waals surface area contributed by atoms with Crippen molar-refractivity contribution in [1.82, 2.24) is 16.0 Å². The van der Waals surface area contributed by atoms with Gasteiger partial charge in [-0.2, -0.15) is 0 Å². The van der Waals surface area contributed by atoms with Crippen LogP contribution in [-0.4, -0.2) is 37.8 Å². The third kappa shape index (κ3) is 5.50. The van der Waals surface area contributed by atoms with Crippen LogP contribution in [0, 0.1) is 52.3 Å². The SMILES string of the molecule is C=C(NCCNCCN)C(C)(CCCC(C)C)C1CCC2(C)C1C[C@H]1NC34CCC[C@@H](C)C3CCC2C14.CC. The summed E-state index contributed by atoms with van der Waals surface area (Å²) in [5.74, 6) is 6.11. The minimum absolute atomic E-state index is 0.177. The van der Waals surface area contributed by atoms with E-state index in [1.165, 1.54) is 76.3 Å². The number of hydrogen-bond acceptors (Lipinski definition) is 4. The molecule has 0 radical (unpaired) electrons. The molecule has 5 rings (SSSR count). The molecule has 39 heavy (non-hydrogen) atoms. The van der Waals surface area contributed by atoms with Gasteiger partial charge in [0.15, 0.2) is 0 Å². The van der Waals surface area contributed by atoms with Gasteiger partial charge in [-0.3, -0.25) is 0 Å². The Morgan fingerprint density at radius 3 is 2.51 bits per heavy atom. The maximum Gasteiger partial charge on any atom is 0.0269 e. The average Bonchev–Trinajstić information content (AvgIpc) is 3.26. The van der Waals surface area contributed by atoms with Crippen molar-refractivity contribution >= 4 is 0 Å². The third-order valence-corrected chi connectivity index (χ3v) is 12.9. The number of allylic oxidation sites excluding steroid dienone is 1. The fourth-order valence-corrected chi connectivity index (χ4v) is 11.1. The van der Waals surface area contributed by atoms with Crippen LogP contribution in [0.3, 0.4) is 0 Å². The molecule has 5 fully saturated rings. The van der Waals surface area contributed by atoms with Gasteiger partial charge in [0.2, 0.25) is 0 Å². The smallest absolute Gasteiger partial charge is 0.0269 e. The second-order valence-corrected chi connectivity index (χ2v) is 15.1. The zero-order valence-electron chi connectivity index (χ0n) is 27.0. The molecule has 1 spiro atoms. The summed E-state index contributed by atoms with van der Waals surface area (Å²) in [6.45, 7) is 24.9. The molecule has 10 atom stereocenters. The Hall–Kier alpha value is -0.580. The molecular weight excluding hydrogens is 476 g/mol. The van der Waals surface area contributed by atoms with Crippen molar-refractivity contribution in [3.8, 4) is 0 Å². The molecule has 4 aliphatic carbocycles. The van der Waals surface area contributed by atoms with E-state index in [4.69, 9.17) is 12.3 Å². The molecule has 5 aliphatic rings. The van der Waals surface area contributed by atoms with Crippen molar-refractivity contribution in [2.24, 2.45) is 58.0 Å². The van der Waals surface area contributed by atoms with Crippen molar-refractivity contribution in [2.45, 2.75) is 131 Å². The average molecular weight is 543 g/mol. The summed E-state index contributed by atoms with van der Waals surface area (Å²) in [6, 6.07) is 0.776. The number of nitrogens with one attached hydrogen (secondary N) is 3. The number of nitrogens with two attached hydrogens (primary N) is 1. The van der Waals surface area contributed by atoms with E-state index in [0.29, 0.717) is 17.5 Å². The van der Waals surface area contributed by atoms with Gasteiger partial charge < -0.3 is 21.7 Å². The predicted octanol–water partition coefficient (Wildman–Crippen LogP) is 7.11. The fourth-order valence-electron chi connectivity index (χ4n) is 11.1. The van der Waals surface area contributed by atoms with E-state index in [2.05, 4.69) is 50.6 Å². The van der Waals surface area contributed by atoms with Gasteiger partial charge in [0.25, 0.3) is 0 Å². The molecule has 226 valence electrons. The largest absolute Gasteiger partial charge is 0.387 e. The van der Waals surface area contributed by atoms with Crippen molar-refractivity contribution in [2.75, 3.05) is 26.2 Å². The van der Waals surface area contributed by atoms with E-state index < -0.39 is 0 Å². The van der Waals surface area contributed by atoms with Crippen molar-refractivity contribution < 1.29 is 0 Å². The van der Waals surface area contributed by atoms with Gasteiger partial charge in [-0.1, -0.05) is 80.7 Å². The van der Waals surface area contributed by atoms with Gasteiger partial charge in [0.05, 0.1) is 0 Å². The van der Waals surface area contributed by atoms with Crippen molar-refractivity contribution in [1.29, 1.82) is 0 Å². The molecule has 1 heterocycles. The van der Waals surface area contributed by atoms with Gasteiger partial charge in [-0.15, -0.1) is 0 Å². The molecule has 0 aromatic carbocycles. The normalized spacial score (nSPS) is 41.7. The molecule has 4 nitrogen and oxygen atoms in total. The molecule has 0 aromatic heterocycles. The van der Waals surface area contributed by atoms with E-state index in [0.717, 1.165) is 67.1 Å². The van der Waals surface area contributed by atoms with Gasteiger partial charge in [-0.05, 0) is 91.8 Å². The maximum atomic E-state index is 5.67. The van der Waals surface area contributed by atoms with Crippen LogP contribution in [0.4, 0.5) is 0 Å². The van der Waals surface area contributed by atoms with E-state index in [9.17, 15) is 0 Å². The molecule has 1 aliphatic heterocycles. The predicted molar refractivity (Wildman–Crippen MR) is 169 cm³/mol. The van der Waals surface area contributed by atoms with Gasteiger partial charge in [-0.25, -0.2) is 0 Å². The summed E-state index contributed by atoms with van der Waals surface area (Å²) in [5, 5.41) is 11.6. The first-order valence-corrected chi connectivity index (χ1v) is 17.3. The first kappa shape index (κ1) is 31.4. The molecule has 0 aromatic rings. The summed E-state index contributed by atoms with van der Waals surface area (Å²) in [7, 11) is 0. The van der Waals surface area contributed by atoms with Crippen LogP contribution >= 0.6 is 0 Å². The highest BCUT2D eigenvalue weighted by molar-refractivity contribution is 5.26. The molecule has 4 heteroatoms. The van der Waals surface area contributed by atoms with E-state index in [1.54, 1.807) is 0 Å². The second kappa shape index (κ2) is 12.7. The highest BCUT2D eigenvalue weighted by Gasteiger charge is 2.71. The quantitative estimate of drug-likeness (QED) is 0.199. The molecular formula is C35H66N4. The first-order chi connectivity index (χ1) is 18.7. The van der Waals surface area contributed by atoms with Crippen LogP contribution in [0.25, 0.3) is 0 Å². The fraction of sp³-hybridized carbons (Fsp3) is 0.943.